The van der Waals surface area contributed by atoms with Crippen molar-refractivity contribution in [1.29, 1.82) is 0 Å². The fraction of sp³-hybridized carbons (Fsp3) is 0. The highest BCUT2D eigenvalue weighted by Gasteiger charge is 2.13. The second-order valence-electron chi connectivity index (χ2n) is 3.10. The Kier molecular flexibility index (Phi) is 2.25. The lowest BCUT2D eigenvalue weighted by atomic mass is 10.1. The number of carboxylic acids is 1. The van der Waals surface area contributed by atoms with Crippen molar-refractivity contribution in [1.82, 2.24) is 0 Å². The Balaban J connectivity index is 2.86. The van der Waals surface area contributed by atoms with Gasteiger partial charge in [-0.05, 0) is 12.1 Å². The number of hydrogen-bond acceptors (Lipinski definition) is 2. The van der Waals surface area contributed by atoms with Crippen LogP contribution in [0.5, 0.6) is 5.75 Å². The fourth-order valence-electron chi connectivity index (χ4n) is 1.48. The van der Waals surface area contributed by atoms with Gasteiger partial charge in [-0.15, -0.1) is 0 Å². The van der Waals surface area contributed by atoms with Crippen LogP contribution in [0.4, 0.5) is 0 Å². The van der Waals surface area contributed by atoms with Gasteiger partial charge in [0.1, 0.15) is 11.3 Å². The van der Waals surface area contributed by atoms with Gasteiger partial charge in [-0.25, -0.2) is 4.79 Å². The van der Waals surface area contributed by atoms with Gasteiger partial charge in [-0.1, -0.05) is 29.8 Å². The summed E-state index contributed by atoms with van der Waals surface area (Å²) in [5.74, 6) is -1.41. The summed E-state index contributed by atoms with van der Waals surface area (Å²) in [4.78, 5) is 10.8. The lowest BCUT2D eigenvalue weighted by Crippen LogP contribution is -1.96. The molecule has 2 rings (SSSR count). The Labute approximate surface area is 90.5 Å². The summed E-state index contributed by atoms with van der Waals surface area (Å²) in [6.07, 6.45) is 0. The molecule has 0 amide bonds. The summed E-state index contributed by atoms with van der Waals surface area (Å²) < 4.78 is 0. The molecule has 0 saturated heterocycles. The molecule has 0 bridgehead atoms. The number of halogens is 1. The molecule has 0 aromatic heterocycles. The molecule has 0 heterocycles. The van der Waals surface area contributed by atoms with Gasteiger partial charge in [-0.3, -0.25) is 0 Å². The highest BCUT2D eigenvalue weighted by Crippen LogP contribution is 2.32. The molecule has 0 fully saturated rings. The molecule has 2 aromatic rings. The van der Waals surface area contributed by atoms with Crippen LogP contribution < -0.4 is 0 Å². The molecule has 15 heavy (non-hydrogen) atoms. The first-order chi connectivity index (χ1) is 7.11. The van der Waals surface area contributed by atoms with Crippen molar-refractivity contribution in [2.45, 2.75) is 0 Å². The lowest BCUT2D eigenvalue weighted by molar-refractivity contribution is 0.0694. The highest BCUT2D eigenvalue weighted by atomic mass is 35.5. The van der Waals surface area contributed by atoms with Gasteiger partial charge in [-0.2, -0.15) is 0 Å². The Morgan fingerprint density at radius 2 is 1.87 bits per heavy atom. The van der Waals surface area contributed by atoms with Gasteiger partial charge >= 0.3 is 5.97 Å². The van der Waals surface area contributed by atoms with Crippen LogP contribution in [0.2, 0.25) is 5.02 Å². The Morgan fingerprint density at radius 1 is 1.13 bits per heavy atom. The number of carboxylic acid groups (broad SMARTS) is 1. The van der Waals surface area contributed by atoms with Crippen molar-refractivity contribution in [2.75, 3.05) is 0 Å². The zero-order valence-electron chi connectivity index (χ0n) is 7.57. The predicted molar refractivity (Wildman–Crippen MR) is 57.6 cm³/mol. The standard InChI is InChI=1S/C11H7ClO3/c12-9-3-1-2-7-6(9)4-5-8(10(7)13)11(14)15/h1-5,13H,(H,14,15). The molecule has 0 aliphatic carbocycles. The quantitative estimate of drug-likeness (QED) is 0.780. The molecule has 0 aliphatic heterocycles. The first-order valence-electron chi connectivity index (χ1n) is 4.25. The van der Waals surface area contributed by atoms with Crippen molar-refractivity contribution in [3.63, 3.8) is 0 Å². The normalized spacial score (nSPS) is 10.5. The molecule has 0 aliphatic rings. The number of hydrogen-bond donors (Lipinski definition) is 2. The van der Waals surface area contributed by atoms with Crippen LogP contribution in [-0.2, 0) is 0 Å². The van der Waals surface area contributed by atoms with Gasteiger partial charge in [0.2, 0.25) is 0 Å². The molecule has 0 unspecified atom stereocenters. The van der Waals surface area contributed by atoms with E-state index in [1.54, 1.807) is 24.3 Å². The predicted octanol–water partition coefficient (Wildman–Crippen LogP) is 2.90. The van der Waals surface area contributed by atoms with E-state index >= 15 is 0 Å². The number of benzene rings is 2. The van der Waals surface area contributed by atoms with E-state index in [2.05, 4.69) is 0 Å². The maximum Gasteiger partial charge on any atom is 0.339 e. The number of phenols is 1. The zero-order valence-corrected chi connectivity index (χ0v) is 8.32. The van der Waals surface area contributed by atoms with Crippen LogP contribution in [0, 0.1) is 0 Å². The second-order valence-corrected chi connectivity index (χ2v) is 3.51. The Hall–Kier alpha value is -1.74. The summed E-state index contributed by atoms with van der Waals surface area (Å²) in [5, 5.41) is 20.1. The molecule has 76 valence electrons. The minimum atomic E-state index is -1.16. The SMILES string of the molecule is O=C(O)c1ccc2c(Cl)cccc2c1O. The third-order valence-corrected chi connectivity index (χ3v) is 2.54. The third kappa shape index (κ3) is 1.51. The number of carbonyl (C=O) groups is 1. The smallest absolute Gasteiger partial charge is 0.339 e. The molecular formula is C11H7ClO3. The van der Waals surface area contributed by atoms with E-state index in [4.69, 9.17) is 16.7 Å². The zero-order chi connectivity index (χ0) is 11.0. The van der Waals surface area contributed by atoms with E-state index in [0.29, 0.717) is 15.8 Å². The number of aromatic hydroxyl groups is 1. The largest absolute Gasteiger partial charge is 0.506 e. The fourth-order valence-corrected chi connectivity index (χ4v) is 1.71. The van der Waals surface area contributed by atoms with Crippen molar-refractivity contribution in [3.8, 4) is 5.75 Å². The molecule has 4 heteroatoms. The topological polar surface area (TPSA) is 57.5 Å². The number of rotatable bonds is 1. The minimum Gasteiger partial charge on any atom is -0.506 e. The van der Waals surface area contributed by atoms with Crippen LogP contribution in [-0.4, -0.2) is 16.2 Å². The third-order valence-electron chi connectivity index (χ3n) is 2.21. The van der Waals surface area contributed by atoms with E-state index in [1.807, 2.05) is 0 Å². The van der Waals surface area contributed by atoms with E-state index < -0.39 is 5.97 Å². The van der Waals surface area contributed by atoms with Crippen LogP contribution in [0.1, 0.15) is 10.4 Å². The van der Waals surface area contributed by atoms with Gasteiger partial charge < -0.3 is 10.2 Å². The maximum atomic E-state index is 10.8. The second kappa shape index (κ2) is 3.44. The van der Waals surface area contributed by atoms with Gasteiger partial charge in [0.25, 0.3) is 0 Å². The first-order valence-corrected chi connectivity index (χ1v) is 4.62. The molecule has 0 radical (unpaired) electrons. The highest BCUT2D eigenvalue weighted by molar-refractivity contribution is 6.35. The van der Waals surface area contributed by atoms with E-state index in [-0.39, 0.29) is 11.3 Å². The molecule has 2 N–H and O–H groups in total. The van der Waals surface area contributed by atoms with Crippen LogP contribution in [0.15, 0.2) is 30.3 Å². The summed E-state index contributed by atoms with van der Waals surface area (Å²) in [7, 11) is 0. The molecule has 0 spiro atoms. The first kappa shape index (κ1) is 9.80. The van der Waals surface area contributed by atoms with Crippen molar-refractivity contribution in [3.05, 3.63) is 40.9 Å². The Bertz CT molecular complexity index is 549. The molecule has 0 saturated carbocycles. The summed E-state index contributed by atoms with van der Waals surface area (Å²) >= 11 is 5.90. The van der Waals surface area contributed by atoms with Crippen molar-refractivity contribution in [2.24, 2.45) is 0 Å². The molecule has 2 aromatic carbocycles. The average molecular weight is 223 g/mol. The molecular weight excluding hydrogens is 216 g/mol. The van der Waals surface area contributed by atoms with Crippen molar-refractivity contribution >= 4 is 28.3 Å². The van der Waals surface area contributed by atoms with E-state index in [0.717, 1.165) is 0 Å². The van der Waals surface area contributed by atoms with E-state index in [9.17, 15) is 9.90 Å². The van der Waals surface area contributed by atoms with Crippen LogP contribution in [0.25, 0.3) is 10.8 Å². The van der Waals surface area contributed by atoms with Gasteiger partial charge in [0.05, 0.1) is 0 Å². The summed E-state index contributed by atoms with van der Waals surface area (Å²) in [6.45, 7) is 0. The van der Waals surface area contributed by atoms with Gasteiger partial charge in [0, 0.05) is 15.8 Å². The monoisotopic (exact) mass is 222 g/mol. The van der Waals surface area contributed by atoms with Crippen LogP contribution >= 0.6 is 11.6 Å². The minimum absolute atomic E-state index is 0.121. The summed E-state index contributed by atoms with van der Waals surface area (Å²) in [5.41, 5.74) is -0.121. The lowest BCUT2D eigenvalue weighted by Gasteiger charge is -2.05. The maximum absolute atomic E-state index is 10.8. The average Bonchev–Trinajstić information content (AvgIpc) is 2.19. The van der Waals surface area contributed by atoms with E-state index in [1.165, 1.54) is 6.07 Å². The molecule has 0 atom stereocenters. The van der Waals surface area contributed by atoms with Crippen molar-refractivity contribution < 1.29 is 15.0 Å². The number of fused-ring (bicyclic) bond motifs is 1. The number of aromatic carboxylic acids is 1. The van der Waals surface area contributed by atoms with Gasteiger partial charge in [0.15, 0.2) is 0 Å². The summed E-state index contributed by atoms with van der Waals surface area (Å²) in [6, 6.07) is 7.90. The van der Waals surface area contributed by atoms with Crippen LogP contribution in [0.3, 0.4) is 0 Å². The molecule has 3 nitrogen and oxygen atoms in total. The Morgan fingerprint density at radius 3 is 2.53 bits per heavy atom.